The SMILES string of the molecule is C[C@@H]1Cc2cnc(Nc3cnn(C)c3)nc2CN1C(=O)[C@H]1CCN(C)C[C@@H]1c1cccc(OC(F)(F)F)c1. The third-order valence-corrected chi connectivity index (χ3v) is 7.22. The van der Waals surface area contributed by atoms with Crippen molar-refractivity contribution in [1.82, 2.24) is 29.5 Å². The molecule has 0 radical (unpaired) electrons. The summed E-state index contributed by atoms with van der Waals surface area (Å²) in [6.45, 7) is 3.64. The molecule has 12 heteroatoms. The van der Waals surface area contributed by atoms with E-state index < -0.39 is 6.36 Å². The molecule has 3 atom stereocenters. The van der Waals surface area contributed by atoms with Crippen molar-refractivity contribution < 1.29 is 22.7 Å². The van der Waals surface area contributed by atoms with E-state index in [1.54, 1.807) is 29.2 Å². The van der Waals surface area contributed by atoms with Gasteiger partial charge in [0.15, 0.2) is 0 Å². The molecule has 2 aromatic heterocycles. The number of nitrogens with zero attached hydrogens (tertiary/aromatic N) is 6. The van der Waals surface area contributed by atoms with Gasteiger partial charge in [-0.2, -0.15) is 5.10 Å². The molecule has 3 aromatic rings. The summed E-state index contributed by atoms with van der Waals surface area (Å²) < 4.78 is 44.3. The maximum Gasteiger partial charge on any atom is 0.573 e. The zero-order chi connectivity index (χ0) is 27.0. The van der Waals surface area contributed by atoms with Crippen molar-refractivity contribution in [2.45, 2.75) is 44.6 Å². The Morgan fingerprint density at radius 1 is 1.21 bits per heavy atom. The first-order valence-corrected chi connectivity index (χ1v) is 12.5. The molecule has 1 saturated heterocycles. The van der Waals surface area contributed by atoms with E-state index in [0.29, 0.717) is 37.4 Å². The highest BCUT2D eigenvalue weighted by Gasteiger charge is 2.40. The van der Waals surface area contributed by atoms with Crippen molar-refractivity contribution >= 4 is 17.5 Å². The second kappa shape index (κ2) is 10.2. The first kappa shape index (κ1) is 26.0. The minimum Gasteiger partial charge on any atom is -0.406 e. The summed E-state index contributed by atoms with van der Waals surface area (Å²) in [5.41, 5.74) is 3.19. The van der Waals surface area contributed by atoms with Gasteiger partial charge in [0.2, 0.25) is 11.9 Å². The lowest BCUT2D eigenvalue weighted by Crippen LogP contribution is -2.50. The number of carbonyl (C=O) groups is 1. The first-order chi connectivity index (χ1) is 18.1. The number of likely N-dealkylation sites (tertiary alicyclic amines) is 1. The number of hydrogen-bond donors (Lipinski definition) is 1. The highest BCUT2D eigenvalue weighted by Crippen LogP contribution is 2.37. The van der Waals surface area contributed by atoms with E-state index in [0.717, 1.165) is 23.5 Å². The van der Waals surface area contributed by atoms with Gasteiger partial charge in [0.25, 0.3) is 0 Å². The molecule has 0 spiro atoms. The Morgan fingerprint density at radius 2 is 2.03 bits per heavy atom. The minimum atomic E-state index is -4.78. The molecular formula is C26H30F3N7O2. The second-order valence-corrected chi connectivity index (χ2v) is 10.1. The summed E-state index contributed by atoms with van der Waals surface area (Å²) in [5, 5.41) is 7.28. The standard InChI is InChI=1S/C26H30F3N7O2/c1-16-9-18-11-30-25(32-19-12-31-35(3)13-19)33-23(18)15-36(16)24(37)21-7-8-34(2)14-22(21)17-5-4-6-20(10-17)38-26(27,28)29/h4-6,10-13,16,21-22H,7-9,14-15H2,1-3H3,(H,30,32,33)/t16-,21+,22-/m1/s1. The van der Waals surface area contributed by atoms with E-state index in [4.69, 9.17) is 0 Å². The topological polar surface area (TPSA) is 88.4 Å². The number of amides is 1. The van der Waals surface area contributed by atoms with Crippen LogP contribution in [-0.4, -0.2) is 68.0 Å². The zero-order valence-electron chi connectivity index (χ0n) is 21.4. The van der Waals surface area contributed by atoms with Gasteiger partial charge in [-0.05, 0) is 56.6 Å². The molecule has 1 fully saturated rings. The van der Waals surface area contributed by atoms with Crippen LogP contribution in [0.1, 0.15) is 36.1 Å². The van der Waals surface area contributed by atoms with Gasteiger partial charge in [0.1, 0.15) is 5.75 Å². The number of nitrogens with one attached hydrogen (secondary N) is 1. The lowest BCUT2D eigenvalue weighted by molar-refractivity contribution is -0.274. The summed E-state index contributed by atoms with van der Waals surface area (Å²) in [7, 11) is 3.77. The maximum atomic E-state index is 14.0. The van der Waals surface area contributed by atoms with Crippen LogP contribution >= 0.6 is 0 Å². The fraction of sp³-hybridized carbons (Fsp3) is 0.462. The fourth-order valence-corrected chi connectivity index (χ4v) is 5.37. The van der Waals surface area contributed by atoms with E-state index >= 15 is 0 Å². The Bertz CT molecular complexity index is 1310. The molecule has 0 bridgehead atoms. The molecule has 4 heterocycles. The number of likely N-dealkylation sites (N-methyl/N-ethyl adjacent to an activating group) is 1. The predicted molar refractivity (Wildman–Crippen MR) is 134 cm³/mol. The lowest BCUT2D eigenvalue weighted by Gasteiger charge is -2.42. The number of fused-ring (bicyclic) bond motifs is 1. The number of hydrogen-bond acceptors (Lipinski definition) is 7. The monoisotopic (exact) mass is 529 g/mol. The van der Waals surface area contributed by atoms with Crippen molar-refractivity contribution in [1.29, 1.82) is 0 Å². The fourth-order valence-electron chi connectivity index (χ4n) is 5.37. The molecule has 2 aliphatic heterocycles. The zero-order valence-corrected chi connectivity index (χ0v) is 21.4. The van der Waals surface area contributed by atoms with Gasteiger partial charge in [0, 0.05) is 43.9 Å². The van der Waals surface area contributed by atoms with Crippen LogP contribution in [0.3, 0.4) is 0 Å². The van der Waals surface area contributed by atoms with E-state index in [-0.39, 0.29) is 29.5 Å². The first-order valence-electron chi connectivity index (χ1n) is 12.5. The van der Waals surface area contributed by atoms with Gasteiger partial charge in [-0.15, -0.1) is 13.2 Å². The molecule has 1 N–H and O–H groups in total. The van der Waals surface area contributed by atoms with Crippen LogP contribution in [0.5, 0.6) is 5.75 Å². The molecule has 0 aliphatic carbocycles. The van der Waals surface area contributed by atoms with Crippen LogP contribution in [-0.2, 0) is 24.8 Å². The molecule has 0 saturated carbocycles. The number of carbonyl (C=O) groups excluding carboxylic acids is 1. The van der Waals surface area contributed by atoms with Crippen molar-refractivity contribution in [2.24, 2.45) is 13.0 Å². The summed E-state index contributed by atoms with van der Waals surface area (Å²) >= 11 is 0. The van der Waals surface area contributed by atoms with Crippen molar-refractivity contribution in [2.75, 3.05) is 25.5 Å². The molecule has 5 rings (SSSR count). The third-order valence-electron chi connectivity index (χ3n) is 7.22. The van der Waals surface area contributed by atoms with Crippen LogP contribution < -0.4 is 10.1 Å². The van der Waals surface area contributed by atoms with Gasteiger partial charge in [-0.3, -0.25) is 9.48 Å². The largest absolute Gasteiger partial charge is 0.573 e. The summed E-state index contributed by atoms with van der Waals surface area (Å²) in [6, 6.07) is 5.93. The summed E-state index contributed by atoms with van der Waals surface area (Å²) in [4.78, 5) is 27.0. The Balaban J connectivity index is 1.37. The Labute approximate surface area is 218 Å². The van der Waals surface area contributed by atoms with Gasteiger partial charge in [-0.25, -0.2) is 9.97 Å². The van der Waals surface area contributed by atoms with Gasteiger partial charge in [0.05, 0.1) is 24.1 Å². The minimum absolute atomic E-state index is 0.0104. The Hall–Kier alpha value is -3.67. The van der Waals surface area contributed by atoms with Crippen molar-refractivity contribution in [3.63, 3.8) is 0 Å². The number of alkyl halides is 3. The second-order valence-electron chi connectivity index (χ2n) is 10.1. The van der Waals surface area contributed by atoms with Crippen LogP contribution in [0.4, 0.5) is 24.8 Å². The number of rotatable bonds is 5. The van der Waals surface area contributed by atoms with E-state index in [1.165, 1.54) is 12.1 Å². The lowest BCUT2D eigenvalue weighted by atomic mass is 9.79. The van der Waals surface area contributed by atoms with E-state index in [2.05, 4.69) is 30.0 Å². The number of anilines is 2. The predicted octanol–water partition coefficient (Wildman–Crippen LogP) is 3.86. The molecule has 0 unspecified atom stereocenters. The van der Waals surface area contributed by atoms with Crippen LogP contribution in [0, 0.1) is 5.92 Å². The highest BCUT2D eigenvalue weighted by atomic mass is 19.4. The van der Waals surface area contributed by atoms with Crippen LogP contribution in [0.25, 0.3) is 0 Å². The number of aromatic nitrogens is 4. The van der Waals surface area contributed by atoms with Gasteiger partial charge < -0.3 is 19.9 Å². The highest BCUT2D eigenvalue weighted by molar-refractivity contribution is 5.81. The van der Waals surface area contributed by atoms with Crippen LogP contribution in [0.15, 0.2) is 42.9 Å². The molecule has 38 heavy (non-hydrogen) atoms. The molecule has 9 nitrogen and oxygen atoms in total. The van der Waals surface area contributed by atoms with Crippen molar-refractivity contribution in [3.05, 3.63) is 59.7 Å². The smallest absolute Gasteiger partial charge is 0.406 e. The van der Waals surface area contributed by atoms with E-state index in [1.807, 2.05) is 32.1 Å². The average molecular weight is 530 g/mol. The molecule has 202 valence electrons. The summed E-state index contributed by atoms with van der Waals surface area (Å²) in [6.07, 6.45) is 1.74. The molecular weight excluding hydrogens is 499 g/mol. The molecule has 1 aromatic carbocycles. The van der Waals surface area contributed by atoms with Gasteiger partial charge in [-0.1, -0.05) is 12.1 Å². The van der Waals surface area contributed by atoms with Crippen molar-refractivity contribution in [3.8, 4) is 5.75 Å². The number of ether oxygens (including phenoxy) is 1. The maximum absolute atomic E-state index is 14.0. The normalized spacial score (nSPS) is 22.2. The van der Waals surface area contributed by atoms with Gasteiger partial charge >= 0.3 is 6.36 Å². The number of aryl methyl sites for hydroxylation is 1. The molecule has 1 amide bonds. The van der Waals surface area contributed by atoms with Crippen LogP contribution in [0.2, 0.25) is 0 Å². The Kier molecular flexibility index (Phi) is 6.99. The number of piperidine rings is 1. The molecule has 2 aliphatic rings. The third kappa shape index (κ3) is 5.74. The number of benzene rings is 1. The quantitative estimate of drug-likeness (QED) is 0.537. The average Bonchev–Trinajstić information content (AvgIpc) is 3.26. The number of halogens is 3. The Morgan fingerprint density at radius 3 is 2.76 bits per heavy atom. The van der Waals surface area contributed by atoms with E-state index in [9.17, 15) is 18.0 Å². The summed E-state index contributed by atoms with van der Waals surface area (Å²) in [5.74, 6) is -0.493.